The number of carbonyl (C=O) groups excluding carboxylic acids is 2. The molecule has 2 aromatic carbocycles. The van der Waals surface area contributed by atoms with Gasteiger partial charge in [-0.05, 0) is 43.2 Å². The van der Waals surface area contributed by atoms with Crippen LogP contribution in [0.2, 0.25) is 0 Å². The van der Waals surface area contributed by atoms with Crippen LogP contribution in [0.15, 0.2) is 48.5 Å². The number of anilines is 1. The van der Waals surface area contributed by atoms with E-state index in [1.807, 2.05) is 0 Å². The van der Waals surface area contributed by atoms with Crippen LogP contribution >= 0.6 is 0 Å². The zero-order valence-corrected chi connectivity index (χ0v) is 15.4. The van der Waals surface area contributed by atoms with Crippen molar-refractivity contribution in [1.29, 1.82) is 0 Å². The van der Waals surface area contributed by atoms with Gasteiger partial charge in [0.25, 0.3) is 17.5 Å². The lowest BCUT2D eigenvalue weighted by Crippen LogP contribution is -2.40. The molecule has 1 aliphatic rings. The van der Waals surface area contributed by atoms with Gasteiger partial charge in [-0.15, -0.1) is 0 Å². The van der Waals surface area contributed by atoms with Crippen LogP contribution in [0.1, 0.15) is 33.6 Å². The predicted octanol–water partition coefficient (Wildman–Crippen LogP) is 2.78. The van der Waals surface area contributed by atoms with Crippen molar-refractivity contribution >= 4 is 29.2 Å². The van der Waals surface area contributed by atoms with Gasteiger partial charge in [-0.2, -0.15) is 0 Å². The summed E-state index contributed by atoms with van der Waals surface area (Å²) < 4.78 is 0. The molecule has 2 amide bonds. The Morgan fingerprint density at radius 1 is 1.03 bits per heavy atom. The van der Waals surface area contributed by atoms with Crippen molar-refractivity contribution in [3.8, 4) is 0 Å². The summed E-state index contributed by atoms with van der Waals surface area (Å²) in [5.41, 5.74) is 0.470. The first-order valence-electron chi connectivity index (χ1n) is 9.03. The number of piperidine rings is 1. The number of carbonyl (C=O) groups is 3. The number of carboxylic acid groups (broad SMARTS) is 1. The average molecular weight is 397 g/mol. The molecule has 0 aromatic heterocycles. The van der Waals surface area contributed by atoms with E-state index in [2.05, 4.69) is 5.32 Å². The van der Waals surface area contributed by atoms with Crippen LogP contribution in [0.4, 0.5) is 11.4 Å². The molecule has 1 heterocycles. The summed E-state index contributed by atoms with van der Waals surface area (Å²) >= 11 is 0. The molecular formula is C20H19N3O6. The summed E-state index contributed by atoms with van der Waals surface area (Å²) in [7, 11) is 0. The number of hydrogen-bond acceptors (Lipinski definition) is 5. The number of para-hydroxylation sites is 1. The van der Waals surface area contributed by atoms with Crippen molar-refractivity contribution < 1.29 is 24.4 Å². The molecule has 9 heteroatoms. The highest BCUT2D eigenvalue weighted by Gasteiger charge is 2.27. The minimum Gasteiger partial charge on any atom is -0.481 e. The lowest BCUT2D eigenvalue weighted by molar-refractivity contribution is -0.385. The number of rotatable bonds is 5. The van der Waals surface area contributed by atoms with E-state index in [4.69, 9.17) is 5.11 Å². The Kier molecular flexibility index (Phi) is 5.87. The van der Waals surface area contributed by atoms with Crippen molar-refractivity contribution in [3.05, 3.63) is 69.8 Å². The maximum absolute atomic E-state index is 12.6. The third-order valence-corrected chi connectivity index (χ3v) is 4.87. The lowest BCUT2D eigenvalue weighted by Gasteiger charge is -2.30. The third kappa shape index (κ3) is 4.57. The molecule has 1 saturated heterocycles. The number of hydrogen-bond donors (Lipinski definition) is 2. The molecule has 0 spiro atoms. The van der Waals surface area contributed by atoms with Gasteiger partial charge in [0.1, 0.15) is 5.56 Å². The number of nitro benzene ring substituents is 1. The number of nitrogens with one attached hydrogen (secondary N) is 1. The van der Waals surface area contributed by atoms with E-state index in [-0.39, 0.29) is 17.2 Å². The van der Waals surface area contributed by atoms with Gasteiger partial charge in [-0.1, -0.05) is 12.1 Å². The second kappa shape index (κ2) is 8.51. The van der Waals surface area contributed by atoms with Gasteiger partial charge in [-0.3, -0.25) is 24.5 Å². The smallest absolute Gasteiger partial charge is 0.306 e. The summed E-state index contributed by atoms with van der Waals surface area (Å²) in [5, 5.41) is 22.7. The molecule has 9 nitrogen and oxygen atoms in total. The topological polar surface area (TPSA) is 130 Å². The fourth-order valence-electron chi connectivity index (χ4n) is 3.23. The quantitative estimate of drug-likeness (QED) is 0.589. The zero-order valence-electron chi connectivity index (χ0n) is 15.4. The molecule has 1 fully saturated rings. The second-order valence-electron chi connectivity index (χ2n) is 6.71. The predicted molar refractivity (Wildman–Crippen MR) is 104 cm³/mol. The van der Waals surface area contributed by atoms with E-state index < -0.39 is 22.7 Å². The highest BCUT2D eigenvalue weighted by atomic mass is 16.6. The molecule has 29 heavy (non-hydrogen) atoms. The Morgan fingerprint density at radius 3 is 2.24 bits per heavy atom. The molecule has 150 valence electrons. The summed E-state index contributed by atoms with van der Waals surface area (Å²) in [5.74, 6) is -2.08. The molecule has 0 bridgehead atoms. The van der Waals surface area contributed by atoms with Crippen LogP contribution < -0.4 is 5.32 Å². The maximum Gasteiger partial charge on any atom is 0.306 e. The molecule has 2 aromatic rings. The number of benzene rings is 2. The number of nitrogens with zero attached hydrogens (tertiary/aromatic N) is 2. The number of carboxylic acids is 1. The second-order valence-corrected chi connectivity index (χ2v) is 6.71. The molecular weight excluding hydrogens is 378 g/mol. The molecule has 1 aliphatic heterocycles. The molecule has 0 atom stereocenters. The Hall–Kier alpha value is -3.75. The first-order valence-corrected chi connectivity index (χ1v) is 9.03. The van der Waals surface area contributed by atoms with Gasteiger partial charge >= 0.3 is 5.97 Å². The molecule has 3 rings (SSSR count). The van der Waals surface area contributed by atoms with E-state index in [1.165, 1.54) is 24.3 Å². The van der Waals surface area contributed by atoms with Gasteiger partial charge in [0.05, 0.1) is 10.8 Å². The van der Waals surface area contributed by atoms with Gasteiger partial charge in [0, 0.05) is 30.4 Å². The fourth-order valence-corrected chi connectivity index (χ4v) is 3.23. The van der Waals surface area contributed by atoms with Crippen LogP contribution in [-0.2, 0) is 4.79 Å². The maximum atomic E-state index is 12.6. The highest BCUT2D eigenvalue weighted by molar-refractivity contribution is 6.07. The summed E-state index contributed by atoms with van der Waals surface area (Å²) in [6.07, 6.45) is 0.843. The lowest BCUT2D eigenvalue weighted by atomic mass is 9.96. The largest absolute Gasteiger partial charge is 0.481 e. The number of likely N-dealkylation sites (tertiary alicyclic amines) is 1. The van der Waals surface area contributed by atoms with Crippen LogP contribution in [0.25, 0.3) is 0 Å². The van der Waals surface area contributed by atoms with Crippen molar-refractivity contribution in [2.45, 2.75) is 12.8 Å². The van der Waals surface area contributed by atoms with Crippen molar-refractivity contribution in [2.24, 2.45) is 5.92 Å². The summed E-state index contributed by atoms with van der Waals surface area (Å²) in [4.78, 5) is 48.0. The standard InChI is InChI=1S/C20H19N3O6/c24-18(16-3-1-2-4-17(16)23(28)29)21-15-7-5-13(6-8-15)19(25)22-11-9-14(10-12-22)20(26)27/h1-8,14H,9-12H2,(H,21,24)(H,26,27). The third-order valence-electron chi connectivity index (χ3n) is 4.87. The SMILES string of the molecule is O=C(Nc1ccc(C(=O)N2CCC(C(=O)O)CC2)cc1)c1ccccc1[N+](=O)[O-]. The van der Waals surface area contributed by atoms with E-state index >= 15 is 0 Å². The number of nitro groups is 1. The first-order chi connectivity index (χ1) is 13.9. The van der Waals surface area contributed by atoms with Crippen molar-refractivity contribution in [1.82, 2.24) is 4.90 Å². The van der Waals surface area contributed by atoms with E-state index in [0.29, 0.717) is 37.2 Å². The molecule has 0 aliphatic carbocycles. The summed E-state index contributed by atoms with van der Waals surface area (Å²) in [6, 6.07) is 11.8. The van der Waals surface area contributed by atoms with Crippen molar-refractivity contribution in [2.75, 3.05) is 18.4 Å². The minimum atomic E-state index is -0.837. The van der Waals surface area contributed by atoms with Crippen molar-refractivity contribution in [3.63, 3.8) is 0 Å². The summed E-state index contributed by atoms with van der Waals surface area (Å²) in [6.45, 7) is 0.762. The molecule has 0 unspecified atom stereocenters. The van der Waals surface area contributed by atoms with Gasteiger partial charge in [0.2, 0.25) is 0 Å². The van der Waals surface area contributed by atoms with Gasteiger partial charge in [0.15, 0.2) is 0 Å². The Bertz CT molecular complexity index is 949. The van der Waals surface area contributed by atoms with Crippen LogP contribution in [-0.4, -0.2) is 45.8 Å². The minimum absolute atomic E-state index is 0.0565. The Morgan fingerprint density at radius 2 is 1.66 bits per heavy atom. The molecule has 0 radical (unpaired) electrons. The Balaban J connectivity index is 1.65. The molecule has 0 saturated carbocycles. The highest BCUT2D eigenvalue weighted by Crippen LogP contribution is 2.22. The normalized spacial score (nSPS) is 14.3. The van der Waals surface area contributed by atoms with Gasteiger partial charge < -0.3 is 15.3 Å². The Labute approximate surface area is 166 Å². The van der Waals surface area contributed by atoms with E-state index in [1.54, 1.807) is 29.2 Å². The van der Waals surface area contributed by atoms with Gasteiger partial charge in [-0.25, -0.2) is 0 Å². The fraction of sp³-hybridized carbons (Fsp3) is 0.250. The van der Waals surface area contributed by atoms with E-state index in [0.717, 1.165) is 0 Å². The number of amides is 2. The van der Waals surface area contributed by atoms with Crippen LogP contribution in [0, 0.1) is 16.0 Å². The number of aliphatic carboxylic acids is 1. The molecule has 2 N–H and O–H groups in total. The van der Waals surface area contributed by atoms with Crippen LogP contribution in [0.5, 0.6) is 0 Å². The zero-order chi connectivity index (χ0) is 21.0. The average Bonchev–Trinajstić information content (AvgIpc) is 2.73. The monoisotopic (exact) mass is 397 g/mol. The van der Waals surface area contributed by atoms with Crippen LogP contribution in [0.3, 0.4) is 0 Å². The van der Waals surface area contributed by atoms with E-state index in [9.17, 15) is 24.5 Å². The first kappa shape index (κ1) is 20.0.